The van der Waals surface area contributed by atoms with E-state index in [1.807, 2.05) is 6.92 Å². The lowest BCUT2D eigenvalue weighted by Gasteiger charge is -2.04. The Morgan fingerprint density at radius 1 is 1.58 bits per heavy atom. The van der Waals surface area contributed by atoms with Gasteiger partial charge in [-0.15, -0.1) is 10.2 Å². The molecule has 64 valence electrons. The predicted octanol–water partition coefficient (Wildman–Crippen LogP) is 1.07. The lowest BCUT2D eigenvalue weighted by molar-refractivity contribution is 0.297. The van der Waals surface area contributed by atoms with E-state index in [1.54, 1.807) is 12.1 Å². The summed E-state index contributed by atoms with van der Waals surface area (Å²) in [7, 11) is 0. The highest BCUT2D eigenvalue weighted by Crippen LogP contribution is 2.09. The minimum atomic E-state index is 0.392. The summed E-state index contributed by atoms with van der Waals surface area (Å²) in [4.78, 5) is 0. The zero-order valence-corrected chi connectivity index (χ0v) is 6.95. The summed E-state index contributed by atoms with van der Waals surface area (Å²) in [6.45, 7) is 6.14. The van der Waals surface area contributed by atoms with Crippen LogP contribution in [0.3, 0.4) is 0 Å². The van der Waals surface area contributed by atoms with E-state index >= 15 is 0 Å². The number of nitrogen functional groups attached to an aromatic ring is 1. The van der Waals surface area contributed by atoms with Crippen LogP contribution in [0.4, 0.5) is 5.82 Å². The maximum absolute atomic E-state index is 5.36. The maximum atomic E-state index is 5.36. The Kier molecular flexibility index (Phi) is 2.63. The summed E-state index contributed by atoms with van der Waals surface area (Å²) in [6.07, 6.45) is 0. The molecule has 0 bridgehead atoms. The normalized spacial score (nSPS) is 9.42. The first-order valence-corrected chi connectivity index (χ1v) is 3.65. The number of rotatable bonds is 3. The van der Waals surface area contributed by atoms with E-state index in [2.05, 4.69) is 16.8 Å². The van der Waals surface area contributed by atoms with Crippen molar-refractivity contribution in [2.45, 2.75) is 6.92 Å². The second-order valence-electron chi connectivity index (χ2n) is 2.20. The smallest absolute Gasteiger partial charge is 0.146 e. The topological polar surface area (TPSA) is 61.0 Å². The number of aromatic nitrogens is 2. The summed E-state index contributed by atoms with van der Waals surface area (Å²) in [5.41, 5.74) is 5.97. The molecule has 2 N–H and O–H groups in total. The molecule has 0 radical (unpaired) electrons. The fourth-order valence-electron chi connectivity index (χ4n) is 0.739. The molecule has 4 nitrogen and oxygen atoms in total. The third kappa shape index (κ3) is 1.95. The van der Waals surface area contributed by atoms with Gasteiger partial charge in [-0.25, -0.2) is 0 Å². The van der Waals surface area contributed by atoms with Crippen molar-refractivity contribution in [3.63, 3.8) is 0 Å². The Labute approximate surface area is 71.1 Å². The van der Waals surface area contributed by atoms with Crippen molar-refractivity contribution in [3.8, 4) is 0 Å². The second kappa shape index (κ2) is 3.71. The molecule has 0 atom stereocenters. The largest absolute Gasteiger partial charge is 0.492 e. The molecule has 0 fully saturated rings. The van der Waals surface area contributed by atoms with Gasteiger partial charge in [-0.2, -0.15) is 0 Å². The number of anilines is 1. The molecule has 0 aromatic carbocycles. The van der Waals surface area contributed by atoms with E-state index in [0.29, 0.717) is 23.9 Å². The van der Waals surface area contributed by atoms with Gasteiger partial charge < -0.3 is 10.5 Å². The van der Waals surface area contributed by atoms with Crippen LogP contribution in [0.1, 0.15) is 12.6 Å². The molecule has 12 heavy (non-hydrogen) atoms. The van der Waals surface area contributed by atoms with Crippen LogP contribution >= 0.6 is 0 Å². The Hall–Kier alpha value is -1.58. The van der Waals surface area contributed by atoms with Gasteiger partial charge in [0.05, 0.1) is 6.61 Å². The van der Waals surface area contributed by atoms with E-state index in [0.717, 1.165) is 0 Å². The van der Waals surface area contributed by atoms with Crippen LogP contribution in [-0.4, -0.2) is 16.8 Å². The fourth-order valence-corrected chi connectivity index (χ4v) is 0.739. The van der Waals surface area contributed by atoms with Crippen molar-refractivity contribution in [3.05, 3.63) is 24.4 Å². The van der Waals surface area contributed by atoms with Crippen molar-refractivity contribution in [2.75, 3.05) is 12.3 Å². The number of nitrogens with zero attached hydrogens (tertiary/aromatic N) is 2. The quantitative estimate of drug-likeness (QED) is 0.680. The molecule has 0 aliphatic rings. The van der Waals surface area contributed by atoms with Crippen LogP contribution in [0.15, 0.2) is 18.7 Å². The average molecular weight is 165 g/mol. The molecule has 1 heterocycles. The van der Waals surface area contributed by atoms with E-state index in [4.69, 9.17) is 10.5 Å². The fraction of sp³-hybridized carbons (Fsp3) is 0.250. The molecule has 0 aliphatic heterocycles. The standard InChI is InChI=1S/C8H11N3O/c1-3-12-6(2)7-4-5-8(9)11-10-7/h4-5H,2-3H2,1H3,(H2,9,11). The van der Waals surface area contributed by atoms with Gasteiger partial charge in [0.1, 0.15) is 17.3 Å². The first-order chi connectivity index (χ1) is 5.74. The van der Waals surface area contributed by atoms with Crippen LogP contribution in [0, 0.1) is 0 Å². The Morgan fingerprint density at radius 3 is 2.83 bits per heavy atom. The highest BCUT2D eigenvalue weighted by atomic mass is 16.5. The minimum absolute atomic E-state index is 0.392. The van der Waals surface area contributed by atoms with E-state index in [-0.39, 0.29) is 0 Å². The first kappa shape index (κ1) is 8.52. The molecule has 1 rings (SSSR count). The van der Waals surface area contributed by atoms with Gasteiger partial charge >= 0.3 is 0 Å². The summed E-state index contributed by atoms with van der Waals surface area (Å²) < 4.78 is 5.13. The maximum Gasteiger partial charge on any atom is 0.146 e. The first-order valence-electron chi connectivity index (χ1n) is 3.65. The molecule has 0 saturated carbocycles. The molecular weight excluding hydrogens is 154 g/mol. The van der Waals surface area contributed by atoms with Gasteiger partial charge in [-0.05, 0) is 19.1 Å². The monoisotopic (exact) mass is 165 g/mol. The summed E-state index contributed by atoms with van der Waals surface area (Å²) in [5.74, 6) is 0.910. The SMILES string of the molecule is C=C(OCC)c1ccc(N)nn1. The van der Waals surface area contributed by atoms with Gasteiger partial charge in [-0.1, -0.05) is 6.58 Å². The van der Waals surface area contributed by atoms with Gasteiger partial charge in [-0.3, -0.25) is 0 Å². The van der Waals surface area contributed by atoms with Crippen molar-refractivity contribution in [1.82, 2.24) is 10.2 Å². The minimum Gasteiger partial charge on any atom is -0.492 e. The van der Waals surface area contributed by atoms with Gasteiger partial charge in [0, 0.05) is 0 Å². The van der Waals surface area contributed by atoms with E-state index < -0.39 is 0 Å². The van der Waals surface area contributed by atoms with Crippen molar-refractivity contribution >= 4 is 11.6 Å². The highest BCUT2D eigenvalue weighted by Gasteiger charge is 2.00. The highest BCUT2D eigenvalue weighted by molar-refractivity contribution is 5.53. The van der Waals surface area contributed by atoms with Crippen LogP contribution in [0.5, 0.6) is 0 Å². The van der Waals surface area contributed by atoms with Crippen molar-refractivity contribution in [1.29, 1.82) is 0 Å². The molecular formula is C8H11N3O. The van der Waals surface area contributed by atoms with Crippen LogP contribution in [-0.2, 0) is 4.74 Å². The van der Waals surface area contributed by atoms with Crippen molar-refractivity contribution in [2.24, 2.45) is 0 Å². The average Bonchev–Trinajstić information content (AvgIpc) is 2.06. The molecule has 4 heteroatoms. The summed E-state index contributed by atoms with van der Waals surface area (Å²) in [5, 5.41) is 7.47. The third-order valence-electron chi connectivity index (χ3n) is 1.29. The third-order valence-corrected chi connectivity index (χ3v) is 1.29. The zero-order valence-electron chi connectivity index (χ0n) is 6.95. The molecule has 1 aromatic rings. The number of hydrogen-bond acceptors (Lipinski definition) is 4. The van der Waals surface area contributed by atoms with Crippen LogP contribution in [0.25, 0.3) is 5.76 Å². The zero-order chi connectivity index (χ0) is 8.97. The molecule has 0 aliphatic carbocycles. The van der Waals surface area contributed by atoms with Gasteiger partial charge in [0.25, 0.3) is 0 Å². The molecule has 0 spiro atoms. The Morgan fingerprint density at radius 2 is 2.33 bits per heavy atom. The second-order valence-corrected chi connectivity index (χ2v) is 2.20. The Bertz CT molecular complexity index is 268. The van der Waals surface area contributed by atoms with Gasteiger partial charge in [0.15, 0.2) is 0 Å². The molecule has 0 saturated heterocycles. The van der Waals surface area contributed by atoms with Crippen molar-refractivity contribution < 1.29 is 4.74 Å². The van der Waals surface area contributed by atoms with Gasteiger partial charge in [0.2, 0.25) is 0 Å². The van der Waals surface area contributed by atoms with E-state index in [1.165, 1.54) is 0 Å². The predicted molar refractivity (Wildman–Crippen MR) is 47.1 cm³/mol. The molecule has 0 unspecified atom stereocenters. The lowest BCUT2D eigenvalue weighted by atomic mass is 10.3. The molecule has 0 amide bonds. The summed E-state index contributed by atoms with van der Waals surface area (Å²) >= 11 is 0. The Balaban J connectivity index is 2.75. The van der Waals surface area contributed by atoms with E-state index in [9.17, 15) is 0 Å². The summed E-state index contributed by atoms with van der Waals surface area (Å²) in [6, 6.07) is 3.38. The number of ether oxygens (including phenoxy) is 1. The molecule has 1 aromatic heterocycles. The van der Waals surface area contributed by atoms with Crippen LogP contribution < -0.4 is 5.73 Å². The lowest BCUT2D eigenvalue weighted by Crippen LogP contribution is -1.98. The number of hydrogen-bond donors (Lipinski definition) is 1. The van der Waals surface area contributed by atoms with Crippen LogP contribution in [0.2, 0.25) is 0 Å². The number of nitrogens with two attached hydrogens (primary N) is 1.